The van der Waals surface area contributed by atoms with Crippen LogP contribution in [0.15, 0.2) is 47.9 Å². The second-order valence-electron chi connectivity index (χ2n) is 4.87. The number of benzene rings is 1. The number of nitrogens with one attached hydrogen (secondary N) is 2. The lowest BCUT2D eigenvalue weighted by Gasteiger charge is -2.14. The van der Waals surface area contributed by atoms with Gasteiger partial charge in [0.25, 0.3) is 5.91 Å². The van der Waals surface area contributed by atoms with Gasteiger partial charge in [0.2, 0.25) is 10.0 Å². The number of rotatable bonds is 6. The van der Waals surface area contributed by atoms with Gasteiger partial charge in [0.05, 0.1) is 11.2 Å². The van der Waals surface area contributed by atoms with Gasteiger partial charge in [-0.1, -0.05) is 6.07 Å². The molecule has 0 bridgehead atoms. The third kappa shape index (κ3) is 3.92. The van der Waals surface area contributed by atoms with Crippen molar-refractivity contribution in [2.75, 3.05) is 7.05 Å². The fraction of sp³-hybridized carbons (Fsp3) is 0.286. The maximum Gasteiger partial charge on any atom is 0.251 e. The number of carbonyl (C=O) groups is 1. The molecule has 0 aliphatic heterocycles. The zero-order valence-corrected chi connectivity index (χ0v) is 13.2. The number of aromatic nitrogens is 2. The summed E-state index contributed by atoms with van der Waals surface area (Å²) in [4.78, 5) is 16.2. The molecule has 118 valence electrons. The van der Waals surface area contributed by atoms with Crippen molar-refractivity contribution in [3.8, 4) is 0 Å². The summed E-state index contributed by atoms with van der Waals surface area (Å²) >= 11 is 0. The van der Waals surface area contributed by atoms with Crippen LogP contribution in [0.4, 0.5) is 0 Å². The number of imidazole rings is 1. The summed E-state index contributed by atoms with van der Waals surface area (Å²) in [5.41, 5.74) is 0.300. The minimum absolute atomic E-state index is 0.0601. The Morgan fingerprint density at radius 2 is 2.18 bits per heavy atom. The smallest absolute Gasteiger partial charge is 0.251 e. The van der Waals surface area contributed by atoms with E-state index in [9.17, 15) is 13.2 Å². The topological polar surface area (TPSA) is 93.1 Å². The Morgan fingerprint density at radius 3 is 2.82 bits per heavy atom. The Kier molecular flexibility index (Phi) is 4.94. The molecule has 1 unspecified atom stereocenters. The van der Waals surface area contributed by atoms with Gasteiger partial charge in [0, 0.05) is 30.5 Å². The minimum atomic E-state index is -3.57. The summed E-state index contributed by atoms with van der Waals surface area (Å²) in [6, 6.07) is 5.79. The van der Waals surface area contributed by atoms with Crippen molar-refractivity contribution < 1.29 is 13.2 Å². The van der Waals surface area contributed by atoms with E-state index < -0.39 is 10.0 Å². The molecule has 1 aromatic carbocycles. The third-order valence-corrected chi connectivity index (χ3v) is 4.51. The van der Waals surface area contributed by atoms with Gasteiger partial charge in [-0.2, -0.15) is 0 Å². The lowest BCUT2D eigenvalue weighted by atomic mass is 10.2. The largest absolute Gasteiger partial charge is 0.348 e. The second-order valence-corrected chi connectivity index (χ2v) is 6.76. The molecule has 0 saturated heterocycles. The summed E-state index contributed by atoms with van der Waals surface area (Å²) in [7, 11) is -2.24. The molecule has 1 heterocycles. The summed E-state index contributed by atoms with van der Waals surface area (Å²) < 4.78 is 27.6. The molecular formula is C14H18N4O3S. The van der Waals surface area contributed by atoms with Gasteiger partial charge in [-0.3, -0.25) is 4.79 Å². The highest BCUT2D eigenvalue weighted by Crippen LogP contribution is 2.11. The molecular weight excluding hydrogens is 304 g/mol. The fourth-order valence-corrected chi connectivity index (χ4v) is 2.76. The van der Waals surface area contributed by atoms with Crippen LogP contribution in [0.5, 0.6) is 0 Å². The average Bonchev–Trinajstić information content (AvgIpc) is 3.00. The fourth-order valence-electron chi connectivity index (χ4n) is 1.99. The van der Waals surface area contributed by atoms with Gasteiger partial charge in [0.15, 0.2) is 0 Å². The quantitative estimate of drug-likeness (QED) is 0.815. The molecule has 0 aliphatic rings. The Bertz CT molecular complexity index is 741. The van der Waals surface area contributed by atoms with Crippen LogP contribution in [-0.2, 0) is 16.6 Å². The van der Waals surface area contributed by atoms with E-state index in [4.69, 9.17) is 0 Å². The van der Waals surface area contributed by atoms with Gasteiger partial charge in [-0.15, -0.1) is 0 Å². The molecule has 0 aliphatic carbocycles. The molecule has 0 radical (unpaired) electrons. The highest BCUT2D eigenvalue weighted by atomic mass is 32.2. The predicted octanol–water partition coefficient (Wildman–Crippen LogP) is 0.610. The molecule has 0 fully saturated rings. The molecule has 8 heteroatoms. The van der Waals surface area contributed by atoms with E-state index in [0.29, 0.717) is 12.1 Å². The molecule has 2 rings (SSSR count). The highest BCUT2D eigenvalue weighted by molar-refractivity contribution is 7.89. The number of carbonyl (C=O) groups excluding carboxylic acids is 1. The van der Waals surface area contributed by atoms with Crippen molar-refractivity contribution in [1.29, 1.82) is 0 Å². The lowest BCUT2D eigenvalue weighted by Crippen LogP contribution is -2.35. The first-order valence-electron chi connectivity index (χ1n) is 6.72. The van der Waals surface area contributed by atoms with Gasteiger partial charge >= 0.3 is 0 Å². The van der Waals surface area contributed by atoms with Crippen LogP contribution in [0.3, 0.4) is 0 Å². The van der Waals surface area contributed by atoms with E-state index >= 15 is 0 Å². The van der Waals surface area contributed by atoms with Gasteiger partial charge in [-0.25, -0.2) is 18.1 Å². The molecule has 7 nitrogen and oxygen atoms in total. The standard InChI is InChI=1S/C14H18N4O3S/c1-11(9-18-7-6-16-10-18)17-14(19)12-4-3-5-13(8-12)22(20,21)15-2/h3-8,10-11,15H,9H2,1-2H3,(H,17,19). The van der Waals surface area contributed by atoms with E-state index in [-0.39, 0.29) is 16.8 Å². The van der Waals surface area contributed by atoms with Crippen molar-refractivity contribution in [3.63, 3.8) is 0 Å². The average molecular weight is 322 g/mol. The van der Waals surface area contributed by atoms with Gasteiger partial charge in [0.1, 0.15) is 0 Å². The Labute approximate surface area is 129 Å². The molecule has 0 saturated carbocycles. The van der Waals surface area contributed by atoms with Crippen molar-refractivity contribution >= 4 is 15.9 Å². The van der Waals surface area contributed by atoms with E-state index in [1.165, 1.54) is 19.2 Å². The molecule has 1 aromatic heterocycles. The summed E-state index contributed by atoms with van der Waals surface area (Å²) in [6.45, 7) is 2.45. The first kappa shape index (κ1) is 16.2. The van der Waals surface area contributed by atoms with E-state index in [1.54, 1.807) is 24.7 Å². The summed E-state index contributed by atoms with van der Waals surface area (Å²) in [6.07, 6.45) is 5.15. The van der Waals surface area contributed by atoms with E-state index in [0.717, 1.165) is 0 Å². The van der Waals surface area contributed by atoms with Crippen LogP contribution >= 0.6 is 0 Å². The van der Waals surface area contributed by atoms with Crippen LogP contribution < -0.4 is 10.0 Å². The normalized spacial score (nSPS) is 12.8. The minimum Gasteiger partial charge on any atom is -0.348 e. The predicted molar refractivity (Wildman–Crippen MR) is 81.8 cm³/mol. The zero-order valence-electron chi connectivity index (χ0n) is 12.4. The summed E-state index contributed by atoms with van der Waals surface area (Å²) in [5, 5.41) is 2.83. The molecule has 1 amide bonds. The monoisotopic (exact) mass is 322 g/mol. The highest BCUT2D eigenvalue weighted by Gasteiger charge is 2.15. The SMILES string of the molecule is CNS(=O)(=O)c1cccc(C(=O)NC(C)Cn2ccnc2)c1. The Hall–Kier alpha value is -2.19. The van der Waals surface area contributed by atoms with Crippen LogP contribution in [0.2, 0.25) is 0 Å². The molecule has 0 spiro atoms. The van der Waals surface area contributed by atoms with Crippen LogP contribution in [0, 0.1) is 0 Å². The van der Waals surface area contributed by atoms with E-state index in [1.807, 2.05) is 17.7 Å². The van der Waals surface area contributed by atoms with Crippen molar-refractivity contribution in [2.24, 2.45) is 0 Å². The van der Waals surface area contributed by atoms with Crippen LogP contribution in [-0.4, -0.2) is 37.0 Å². The van der Waals surface area contributed by atoms with Gasteiger partial charge in [-0.05, 0) is 32.2 Å². The molecule has 2 N–H and O–H groups in total. The number of hydrogen-bond donors (Lipinski definition) is 2. The van der Waals surface area contributed by atoms with Gasteiger partial charge < -0.3 is 9.88 Å². The summed E-state index contributed by atoms with van der Waals surface area (Å²) in [5.74, 6) is -0.319. The number of amides is 1. The number of hydrogen-bond acceptors (Lipinski definition) is 4. The second kappa shape index (κ2) is 6.71. The first-order chi connectivity index (χ1) is 10.4. The van der Waals surface area contributed by atoms with Crippen molar-refractivity contribution in [3.05, 3.63) is 48.5 Å². The van der Waals surface area contributed by atoms with Crippen molar-refractivity contribution in [2.45, 2.75) is 24.4 Å². The Balaban J connectivity index is 2.08. The number of nitrogens with zero attached hydrogens (tertiary/aromatic N) is 2. The van der Waals surface area contributed by atoms with Crippen LogP contribution in [0.1, 0.15) is 17.3 Å². The maximum absolute atomic E-state index is 12.2. The van der Waals surface area contributed by atoms with Crippen molar-refractivity contribution in [1.82, 2.24) is 19.6 Å². The first-order valence-corrected chi connectivity index (χ1v) is 8.21. The number of sulfonamides is 1. The van der Waals surface area contributed by atoms with Crippen LogP contribution in [0.25, 0.3) is 0 Å². The molecule has 1 atom stereocenters. The maximum atomic E-state index is 12.2. The molecule has 2 aromatic rings. The zero-order chi connectivity index (χ0) is 16.2. The lowest BCUT2D eigenvalue weighted by molar-refractivity contribution is 0.0936. The molecule has 22 heavy (non-hydrogen) atoms. The Morgan fingerprint density at radius 1 is 1.41 bits per heavy atom. The van der Waals surface area contributed by atoms with E-state index in [2.05, 4.69) is 15.0 Å². The third-order valence-electron chi connectivity index (χ3n) is 3.10.